The van der Waals surface area contributed by atoms with Gasteiger partial charge in [-0.15, -0.1) is 0 Å². The zero-order valence-corrected chi connectivity index (χ0v) is 32.3. The van der Waals surface area contributed by atoms with Crippen LogP contribution in [0.2, 0.25) is 0 Å². The van der Waals surface area contributed by atoms with Crippen LogP contribution >= 0.6 is 47.0 Å². The zero-order chi connectivity index (χ0) is 35.7. The Morgan fingerprint density at radius 3 is 0.551 bits per heavy atom. The number of rotatable bonds is 4. The Morgan fingerprint density at radius 1 is 0.327 bits per heavy atom. The van der Waals surface area contributed by atoms with Gasteiger partial charge in [0.25, 0.3) is 40.5 Å². The predicted molar refractivity (Wildman–Crippen MR) is 174 cm³/mol. The molecule has 0 spiro atoms. The monoisotopic (exact) mass is 839 g/mol. The fourth-order valence-corrected chi connectivity index (χ4v) is 11.0. The summed E-state index contributed by atoms with van der Waals surface area (Å²) in [6, 6.07) is 5.76. The minimum absolute atomic E-state index is 0. The van der Waals surface area contributed by atoms with E-state index < -0.39 is 122 Å². The SMILES string of the molecule is O=S(=O)(O)c1cc2c(O)c(c1)Sc1cc(S(=O)(=O)O)cc(c1O)Sc1cc(S(=O)(=O)O)cc(c1O)Sc1cc(S(=O)(=O)O)cc(c1O)S2.[Na]. The molecule has 257 valence electrons. The minimum atomic E-state index is -5.05. The molecule has 0 unspecified atom stereocenters. The normalized spacial score (nSPS) is 13.8. The van der Waals surface area contributed by atoms with E-state index >= 15 is 0 Å². The maximum atomic E-state index is 12.2. The van der Waals surface area contributed by atoms with Crippen LogP contribution in [0.25, 0.3) is 0 Å². The predicted octanol–water partition coefficient (Wildman–Crippen LogP) is 4.03. The molecule has 0 atom stereocenters. The number of fused-ring (bicyclic) bond motifs is 8. The third-order valence-corrected chi connectivity index (χ3v) is 13.7. The standard InChI is InChI=1S/C24H16O16S8.Na/c25-21-13-1-9(45(29,30)31)2-14(21)42-17-5-11(47(35,36)37)6-18(23(17)27)44-20-8-12(48(38,39)40)7-19(24(20)28)43-16-4-10(46(32,33)34)3-15(41-13)22(16)26;/h1-8,25-28H,(H,29,30,31)(H,32,33,34)(H,35,36,37)(H,38,39,40);. The molecule has 1 aliphatic heterocycles. The number of phenols is 4. The van der Waals surface area contributed by atoms with Gasteiger partial charge in [-0.25, -0.2) is 0 Å². The summed E-state index contributed by atoms with van der Waals surface area (Å²) in [6.45, 7) is 0. The van der Waals surface area contributed by atoms with Crippen LogP contribution in [0, 0.1) is 0 Å². The molecule has 0 saturated heterocycles. The van der Waals surface area contributed by atoms with E-state index in [-0.39, 0.29) is 29.6 Å². The van der Waals surface area contributed by atoms with Crippen LogP contribution in [0.3, 0.4) is 0 Å². The maximum Gasteiger partial charge on any atom is 0.294 e. The van der Waals surface area contributed by atoms with Crippen molar-refractivity contribution < 1.29 is 72.3 Å². The molecule has 4 aromatic carbocycles. The molecule has 8 N–H and O–H groups in total. The van der Waals surface area contributed by atoms with Gasteiger partial charge in [-0.1, -0.05) is 47.0 Å². The molecule has 0 fully saturated rings. The van der Waals surface area contributed by atoms with Crippen LogP contribution in [0.1, 0.15) is 0 Å². The van der Waals surface area contributed by atoms with E-state index in [0.717, 1.165) is 48.5 Å². The second-order valence-corrected chi connectivity index (χ2v) is 19.4. The van der Waals surface area contributed by atoms with Gasteiger partial charge in [0.2, 0.25) is 0 Å². The van der Waals surface area contributed by atoms with Crippen LogP contribution in [0.15, 0.2) is 107 Å². The molecule has 0 saturated carbocycles. The number of phenolic OH excluding ortho intramolecular Hbond substituents is 4. The molecule has 16 nitrogen and oxygen atoms in total. The van der Waals surface area contributed by atoms with Crippen LogP contribution in [-0.2, 0) is 40.5 Å². The molecular formula is C24H16NaO16S8. The molecule has 5 rings (SSSR count). The van der Waals surface area contributed by atoms with Crippen molar-refractivity contribution in [3.8, 4) is 23.0 Å². The first-order valence-corrected chi connectivity index (χ1v) is 21.1. The quantitative estimate of drug-likeness (QED) is 0.0936. The molecule has 4 aromatic rings. The van der Waals surface area contributed by atoms with Gasteiger partial charge in [-0.05, 0) is 48.5 Å². The molecule has 1 heterocycles. The summed E-state index contributed by atoms with van der Waals surface area (Å²) in [6.07, 6.45) is 0. The Morgan fingerprint density at radius 2 is 0.449 bits per heavy atom. The van der Waals surface area contributed by atoms with Crippen LogP contribution in [-0.4, -0.2) is 102 Å². The summed E-state index contributed by atoms with van der Waals surface area (Å²) in [7, 11) is -20.2. The van der Waals surface area contributed by atoms with Crippen LogP contribution < -0.4 is 0 Å². The molecule has 0 aromatic heterocycles. The van der Waals surface area contributed by atoms with Gasteiger partial charge >= 0.3 is 0 Å². The first kappa shape index (κ1) is 39.9. The van der Waals surface area contributed by atoms with Crippen molar-refractivity contribution in [2.24, 2.45) is 0 Å². The first-order valence-electron chi connectivity index (χ1n) is 12.0. The third kappa shape index (κ3) is 8.61. The first-order chi connectivity index (χ1) is 21.9. The molecular weight excluding hydrogens is 824 g/mol. The van der Waals surface area contributed by atoms with Gasteiger partial charge in [0.05, 0.1) is 58.7 Å². The topological polar surface area (TPSA) is 298 Å². The van der Waals surface area contributed by atoms with E-state index in [0.29, 0.717) is 47.0 Å². The van der Waals surface area contributed by atoms with E-state index in [1.165, 1.54) is 0 Å². The van der Waals surface area contributed by atoms with Crippen LogP contribution in [0.4, 0.5) is 0 Å². The van der Waals surface area contributed by atoms with Gasteiger partial charge in [0, 0.05) is 29.6 Å². The summed E-state index contributed by atoms with van der Waals surface area (Å²) in [5.74, 6) is -3.16. The molecule has 25 heteroatoms. The van der Waals surface area contributed by atoms with E-state index in [9.17, 15) is 72.3 Å². The number of hydrogen-bond donors (Lipinski definition) is 8. The second-order valence-electron chi connectivity index (χ2n) is 9.38. The summed E-state index contributed by atoms with van der Waals surface area (Å²) in [5.41, 5.74) is 0. The smallest absolute Gasteiger partial charge is 0.294 e. The summed E-state index contributed by atoms with van der Waals surface area (Å²) >= 11 is 1.24. The fraction of sp³-hybridized carbons (Fsp3) is 0. The van der Waals surface area contributed by atoms with Gasteiger partial charge < -0.3 is 20.4 Å². The van der Waals surface area contributed by atoms with Crippen LogP contribution in [0.5, 0.6) is 23.0 Å². The van der Waals surface area contributed by atoms with Gasteiger partial charge in [-0.2, -0.15) is 33.7 Å². The number of aromatic hydroxyl groups is 4. The Hall–Kier alpha value is -1.88. The largest absolute Gasteiger partial charge is 0.506 e. The van der Waals surface area contributed by atoms with Crippen molar-refractivity contribution in [2.45, 2.75) is 58.7 Å². The van der Waals surface area contributed by atoms with Crippen molar-refractivity contribution in [1.29, 1.82) is 0 Å². The molecule has 49 heavy (non-hydrogen) atoms. The molecule has 8 bridgehead atoms. The molecule has 0 aliphatic carbocycles. The minimum Gasteiger partial charge on any atom is -0.506 e. The van der Waals surface area contributed by atoms with Crippen molar-refractivity contribution in [1.82, 2.24) is 0 Å². The summed E-state index contributed by atoms with van der Waals surface area (Å²) in [5, 5.41) is 44.6. The van der Waals surface area contributed by atoms with E-state index in [2.05, 4.69) is 0 Å². The van der Waals surface area contributed by atoms with Crippen molar-refractivity contribution >= 4 is 117 Å². The average Bonchev–Trinajstić information content (AvgIpc) is 2.93. The van der Waals surface area contributed by atoms with E-state index in [4.69, 9.17) is 0 Å². The summed E-state index contributed by atoms with van der Waals surface area (Å²) < 4.78 is 137. The Balaban J connectivity index is 0.00000541. The van der Waals surface area contributed by atoms with Gasteiger partial charge in [-0.3, -0.25) is 18.2 Å². The Bertz CT molecular complexity index is 2060. The molecule has 1 aliphatic rings. The summed E-state index contributed by atoms with van der Waals surface area (Å²) in [4.78, 5) is -7.23. The fourth-order valence-electron chi connectivity index (χ4n) is 3.92. The van der Waals surface area contributed by atoms with Gasteiger partial charge in [0.15, 0.2) is 0 Å². The Kier molecular flexibility index (Phi) is 11.3. The van der Waals surface area contributed by atoms with Crippen molar-refractivity contribution in [3.63, 3.8) is 0 Å². The maximum absolute atomic E-state index is 12.2. The van der Waals surface area contributed by atoms with E-state index in [1.807, 2.05) is 0 Å². The van der Waals surface area contributed by atoms with Crippen molar-refractivity contribution in [3.05, 3.63) is 48.5 Å². The van der Waals surface area contributed by atoms with Gasteiger partial charge in [0.1, 0.15) is 23.0 Å². The van der Waals surface area contributed by atoms with Crippen molar-refractivity contribution in [2.75, 3.05) is 0 Å². The molecule has 0 amide bonds. The zero-order valence-electron chi connectivity index (χ0n) is 23.7. The third-order valence-electron chi connectivity index (χ3n) is 6.13. The van der Waals surface area contributed by atoms with E-state index in [1.54, 1.807) is 0 Å². The Labute approximate surface area is 316 Å². The second kappa shape index (κ2) is 13.9. The number of benzene rings is 4. The molecule has 1 radical (unpaired) electrons. The average molecular weight is 840 g/mol. The number of hydrogen-bond acceptors (Lipinski definition) is 16.